The number of piperidine rings is 1. The molecule has 2 aliphatic heterocycles. The summed E-state index contributed by atoms with van der Waals surface area (Å²) < 4.78 is 9.36. The van der Waals surface area contributed by atoms with Crippen LogP contribution >= 0.6 is 11.3 Å². The number of nitrogens with zero attached hydrogens (tertiary/aromatic N) is 3. The first kappa shape index (κ1) is 27.1. The standard InChI is InChI=1S/C36H35N5O3S/c1-18-31-29(44-2)13-24(36(43)41-17-23-8-10-27(41)32(23)37)14-30(31)45-33(18)28-12-21-7-9-26(39-34(21)40(28)16-19-3-4-19)20-5-6-22-15-38-35(42)25(22)11-20/h5-7,9,11-14,19,23,27,32H,3-4,8,10,15-17,37H2,1-2H3,(H,38,42)/t23?,27?,32-/m1/s1. The molecular formula is C36H35N5O3S. The van der Waals surface area contributed by atoms with E-state index in [1.165, 1.54) is 17.7 Å². The van der Waals surface area contributed by atoms with Crippen LogP contribution in [0, 0.1) is 18.8 Å². The van der Waals surface area contributed by atoms with Gasteiger partial charge in [-0.05, 0) is 92.0 Å². The Bertz CT molecular complexity index is 2070. The molecule has 2 saturated carbocycles. The highest BCUT2D eigenvalue weighted by molar-refractivity contribution is 7.22. The Balaban J connectivity index is 1.15. The summed E-state index contributed by atoms with van der Waals surface area (Å²) in [7, 11) is 1.69. The van der Waals surface area contributed by atoms with Crippen LogP contribution in [0.2, 0.25) is 0 Å². The molecule has 3 fully saturated rings. The maximum absolute atomic E-state index is 13.8. The highest BCUT2D eigenvalue weighted by Crippen LogP contribution is 2.46. The molecule has 9 rings (SSSR count). The van der Waals surface area contributed by atoms with Crippen molar-refractivity contribution in [2.24, 2.45) is 17.6 Å². The van der Waals surface area contributed by atoms with Gasteiger partial charge in [-0.15, -0.1) is 11.3 Å². The molecule has 0 spiro atoms. The molecule has 3 aromatic heterocycles. The minimum atomic E-state index is -0.0240. The van der Waals surface area contributed by atoms with Gasteiger partial charge in [0.25, 0.3) is 11.8 Å². The molecule has 0 radical (unpaired) electrons. The minimum absolute atomic E-state index is 0.0240. The number of carbonyl (C=O) groups excluding carboxylic acids is 2. The van der Waals surface area contributed by atoms with Crippen LogP contribution in [0.4, 0.5) is 0 Å². The van der Waals surface area contributed by atoms with Crippen LogP contribution in [0.3, 0.4) is 0 Å². The summed E-state index contributed by atoms with van der Waals surface area (Å²) in [5.41, 5.74) is 13.9. The van der Waals surface area contributed by atoms with Gasteiger partial charge >= 0.3 is 0 Å². The highest BCUT2D eigenvalue weighted by atomic mass is 32.1. The number of benzene rings is 2. The second-order valence-corrected chi connectivity index (χ2v) is 14.3. The molecule has 2 bridgehead atoms. The number of aryl methyl sites for hydroxylation is 1. The molecule has 45 heavy (non-hydrogen) atoms. The number of hydrogen-bond acceptors (Lipinski definition) is 6. The topological polar surface area (TPSA) is 102 Å². The summed E-state index contributed by atoms with van der Waals surface area (Å²) >= 11 is 1.72. The van der Waals surface area contributed by atoms with Crippen molar-refractivity contribution in [1.82, 2.24) is 19.8 Å². The van der Waals surface area contributed by atoms with Crippen LogP contribution in [-0.2, 0) is 13.1 Å². The van der Waals surface area contributed by atoms with Gasteiger partial charge in [0.05, 0.1) is 23.4 Å². The van der Waals surface area contributed by atoms with Crippen molar-refractivity contribution < 1.29 is 14.3 Å². The lowest BCUT2D eigenvalue weighted by molar-refractivity contribution is 0.0700. The third-order valence-corrected chi connectivity index (χ3v) is 11.8. The number of rotatable bonds is 6. The second-order valence-electron chi connectivity index (χ2n) is 13.3. The smallest absolute Gasteiger partial charge is 0.254 e. The number of amides is 2. The van der Waals surface area contributed by atoms with Gasteiger partial charge in [0.2, 0.25) is 0 Å². The molecule has 2 amide bonds. The molecule has 3 atom stereocenters. The van der Waals surface area contributed by atoms with Crippen LogP contribution in [0.15, 0.2) is 48.5 Å². The van der Waals surface area contributed by atoms with Crippen LogP contribution in [0.25, 0.3) is 42.9 Å². The van der Waals surface area contributed by atoms with Crippen molar-refractivity contribution in [1.29, 1.82) is 0 Å². The second kappa shape index (κ2) is 9.89. The Kier molecular flexibility index (Phi) is 5.96. The van der Waals surface area contributed by atoms with Crippen LogP contribution in [-0.4, -0.2) is 52.0 Å². The van der Waals surface area contributed by atoms with E-state index in [-0.39, 0.29) is 23.9 Å². The Morgan fingerprint density at radius 3 is 2.73 bits per heavy atom. The lowest BCUT2D eigenvalue weighted by Crippen LogP contribution is -2.41. The quantitative estimate of drug-likeness (QED) is 0.239. The van der Waals surface area contributed by atoms with E-state index in [4.69, 9.17) is 15.5 Å². The van der Waals surface area contributed by atoms with E-state index < -0.39 is 0 Å². The number of nitrogens with two attached hydrogens (primary N) is 1. The number of ether oxygens (including phenoxy) is 1. The third-order valence-electron chi connectivity index (χ3n) is 10.6. The van der Waals surface area contributed by atoms with Gasteiger partial charge in [0.1, 0.15) is 11.4 Å². The van der Waals surface area contributed by atoms with E-state index in [9.17, 15) is 9.59 Å². The fraction of sp³-hybridized carbons (Fsp3) is 0.361. The minimum Gasteiger partial charge on any atom is -0.496 e. The molecule has 5 aromatic rings. The first-order chi connectivity index (χ1) is 21.9. The van der Waals surface area contributed by atoms with Crippen molar-refractivity contribution in [3.8, 4) is 27.6 Å². The number of likely N-dealkylation sites (tertiary alicyclic amines) is 1. The molecule has 1 saturated heterocycles. The zero-order valence-corrected chi connectivity index (χ0v) is 26.2. The van der Waals surface area contributed by atoms with Gasteiger partial charge in [0.15, 0.2) is 0 Å². The lowest BCUT2D eigenvalue weighted by Gasteiger charge is -2.27. The van der Waals surface area contributed by atoms with E-state index in [0.717, 1.165) is 86.4 Å². The van der Waals surface area contributed by atoms with Gasteiger partial charge in [-0.2, -0.15) is 0 Å². The summed E-state index contributed by atoms with van der Waals surface area (Å²) in [6.07, 6.45) is 4.56. The molecule has 2 unspecified atom stereocenters. The van der Waals surface area contributed by atoms with E-state index in [1.807, 2.05) is 29.2 Å². The zero-order chi connectivity index (χ0) is 30.6. The van der Waals surface area contributed by atoms with E-state index in [0.29, 0.717) is 23.9 Å². The summed E-state index contributed by atoms with van der Waals surface area (Å²) in [6.45, 7) is 4.39. The monoisotopic (exact) mass is 617 g/mol. The average molecular weight is 618 g/mol. The van der Waals surface area contributed by atoms with Crippen molar-refractivity contribution in [2.45, 2.75) is 57.8 Å². The number of aromatic nitrogens is 2. The van der Waals surface area contributed by atoms with Crippen molar-refractivity contribution in [3.63, 3.8) is 0 Å². The first-order valence-corrected chi connectivity index (χ1v) is 16.8. The van der Waals surface area contributed by atoms with Gasteiger partial charge in [-0.3, -0.25) is 9.59 Å². The molecule has 3 N–H and O–H groups in total. The fourth-order valence-corrected chi connectivity index (χ4v) is 9.20. The molecular weight excluding hydrogens is 582 g/mol. The Morgan fingerprint density at radius 1 is 1.11 bits per heavy atom. The summed E-state index contributed by atoms with van der Waals surface area (Å²) in [5.74, 6) is 1.81. The van der Waals surface area contributed by atoms with E-state index >= 15 is 0 Å². The van der Waals surface area contributed by atoms with E-state index in [1.54, 1.807) is 18.4 Å². The number of fused-ring (bicyclic) bond motifs is 5. The predicted octanol–water partition coefficient (Wildman–Crippen LogP) is 6.12. The lowest BCUT2D eigenvalue weighted by atomic mass is 10.0. The number of methoxy groups -OCH3 is 1. The number of nitrogens with one attached hydrogen (secondary N) is 1. The van der Waals surface area contributed by atoms with Gasteiger partial charge in [-0.1, -0.05) is 12.1 Å². The molecule has 228 valence electrons. The zero-order valence-electron chi connectivity index (χ0n) is 25.4. The summed E-state index contributed by atoms with van der Waals surface area (Å²) in [4.78, 5) is 34.5. The Morgan fingerprint density at radius 2 is 1.98 bits per heavy atom. The van der Waals surface area contributed by atoms with Gasteiger partial charge in [0, 0.05) is 63.9 Å². The van der Waals surface area contributed by atoms with Crippen molar-refractivity contribution >= 4 is 44.3 Å². The molecule has 5 heterocycles. The maximum atomic E-state index is 13.8. The predicted molar refractivity (Wildman–Crippen MR) is 177 cm³/mol. The molecule has 4 aliphatic rings. The van der Waals surface area contributed by atoms with E-state index in [2.05, 4.69) is 41.1 Å². The number of carbonyl (C=O) groups is 2. The molecule has 8 nitrogen and oxygen atoms in total. The molecule has 9 heteroatoms. The summed E-state index contributed by atoms with van der Waals surface area (Å²) in [5, 5.41) is 5.06. The van der Waals surface area contributed by atoms with Crippen molar-refractivity contribution in [2.75, 3.05) is 13.7 Å². The summed E-state index contributed by atoms with van der Waals surface area (Å²) in [6, 6.07) is 16.7. The molecule has 2 aliphatic carbocycles. The van der Waals surface area contributed by atoms with Crippen molar-refractivity contribution in [3.05, 3.63) is 70.8 Å². The third kappa shape index (κ3) is 4.17. The van der Waals surface area contributed by atoms with Crippen LogP contribution in [0.1, 0.15) is 57.5 Å². The largest absolute Gasteiger partial charge is 0.496 e. The first-order valence-electron chi connectivity index (χ1n) is 16.0. The normalized spacial score (nSPS) is 22.1. The SMILES string of the molecule is COc1cc(C(=O)N2CC3CCC2[C@@H]3N)cc2sc(-c3cc4ccc(-c5ccc6c(c5)C(=O)NC6)nc4n3CC3CC3)c(C)c12. The number of pyridine rings is 1. The Labute approximate surface area is 265 Å². The highest BCUT2D eigenvalue weighted by Gasteiger charge is 2.47. The number of thiophene rings is 1. The fourth-order valence-electron chi connectivity index (χ4n) is 7.91. The Hall–Kier alpha value is -4.21. The van der Waals surface area contributed by atoms with Crippen LogP contribution in [0.5, 0.6) is 5.75 Å². The molecule has 2 aromatic carbocycles. The maximum Gasteiger partial charge on any atom is 0.254 e. The average Bonchev–Trinajstić information content (AvgIpc) is 3.26. The number of hydrogen-bond donors (Lipinski definition) is 2. The van der Waals surface area contributed by atoms with Crippen LogP contribution < -0.4 is 15.8 Å². The van der Waals surface area contributed by atoms with Gasteiger partial charge < -0.3 is 25.3 Å². The van der Waals surface area contributed by atoms with Gasteiger partial charge in [-0.25, -0.2) is 4.98 Å².